The minimum absolute atomic E-state index is 0.222. The first-order valence-electron chi connectivity index (χ1n) is 12.1. The minimum atomic E-state index is 0.222. The van der Waals surface area contributed by atoms with Crippen LogP contribution in [-0.4, -0.2) is 48.8 Å². The topological polar surface area (TPSA) is 120 Å². The van der Waals surface area contributed by atoms with Crippen LogP contribution in [0.1, 0.15) is 31.4 Å². The van der Waals surface area contributed by atoms with Crippen molar-refractivity contribution in [2.24, 2.45) is 5.92 Å². The average molecular weight is 501 g/mol. The van der Waals surface area contributed by atoms with Crippen molar-refractivity contribution in [3.05, 3.63) is 53.6 Å². The molecule has 1 aliphatic heterocycles. The van der Waals surface area contributed by atoms with Crippen LogP contribution in [0.5, 0.6) is 0 Å². The molecule has 0 bridgehead atoms. The van der Waals surface area contributed by atoms with Crippen molar-refractivity contribution >= 4 is 45.9 Å². The molecule has 4 aromatic rings. The normalized spacial score (nSPS) is 16.2. The van der Waals surface area contributed by atoms with Crippen LogP contribution in [0.4, 0.5) is 23.3 Å². The number of hydrogen-bond donors (Lipinski definition) is 2. The Hall–Kier alpha value is -3.97. The SMILES string of the molecule is N#Cc1ccc(N2CCC(Nc3nc(Nc4ccc5c(c4)ncn5CC4CC4)ncc3Cl)CC2)nn1. The maximum atomic E-state index is 8.91. The molecule has 4 heterocycles. The number of imidazole rings is 1. The first kappa shape index (κ1) is 22.5. The number of benzene rings is 1. The van der Waals surface area contributed by atoms with Crippen LogP contribution in [0.3, 0.4) is 0 Å². The number of fused-ring (bicyclic) bond motifs is 1. The molecule has 36 heavy (non-hydrogen) atoms. The van der Waals surface area contributed by atoms with Gasteiger partial charge in [0.25, 0.3) is 0 Å². The summed E-state index contributed by atoms with van der Waals surface area (Å²) < 4.78 is 2.23. The fraction of sp³-hybridized carbons (Fsp3) is 0.360. The third-order valence-electron chi connectivity index (χ3n) is 6.70. The summed E-state index contributed by atoms with van der Waals surface area (Å²) in [5.74, 6) is 2.67. The lowest BCUT2D eigenvalue weighted by Crippen LogP contribution is -2.39. The Morgan fingerprint density at radius 3 is 2.67 bits per heavy atom. The van der Waals surface area contributed by atoms with Gasteiger partial charge in [0.1, 0.15) is 11.1 Å². The molecule has 0 atom stereocenters. The van der Waals surface area contributed by atoms with Crippen molar-refractivity contribution < 1.29 is 0 Å². The number of rotatable bonds is 7. The van der Waals surface area contributed by atoms with Crippen molar-refractivity contribution in [1.82, 2.24) is 29.7 Å². The zero-order valence-corrected chi connectivity index (χ0v) is 20.4. The van der Waals surface area contributed by atoms with Gasteiger partial charge in [0, 0.05) is 31.4 Å². The summed E-state index contributed by atoms with van der Waals surface area (Å²) in [6.07, 6.45) is 7.95. The van der Waals surface area contributed by atoms with Gasteiger partial charge in [-0.15, -0.1) is 10.2 Å². The van der Waals surface area contributed by atoms with Crippen LogP contribution >= 0.6 is 11.6 Å². The van der Waals surface area contributed by atoms with E-state index in [1.807, 2.05) is 30.6 Å². The second-order valence-corrected chi connectivity index (χ2v) is 9.76. The van der Waals surface area contributed by atoms with E-state index in [1.165, 1.54) is 12.8 Å². The van der Waals surface area contributed by atoms with E-state index in [-0.39, 0.29) is 6.04 Å². The second-order valence-electron chi connectivity index (χ2n) is 9.35. The first-order chi connectivity index (χ1) is 17.6. The molecule has 1 saturated heterocycles. The number of hydrogen-bond acceptors (Lipinski definition) is 9. The van der Waals surface area contributed by atoms with Gasteiger partial charge in [0.2, 0.25) is 5.95 Å². The lowest BCUT2D eigenvalue weighted by Gasteiger charge is -2.33. The fourth-order valence-electron chi connectivity index (χ4n) is 4.52. The highest BCUT2D eigenvalue weighted by Crippen LogP contribution is 2.32. The number of piperidine rings is 1. The van der Waals surface area contributed by atoms with E-state index in [0.717, 1.165) is 60.9 Å². The monoisotopic (exact) mass is 500 g/mol. The average Bonchev–Trinajstić information content (AvgIpc) is 3.65. The first-order valence-corrected chi connectivity index (χ1v) is 12.5. The largest absolute Gasteiger partial charge is 0.366 e. The van der Waals surface area contributed by atoms with Crippen LogP contribution in [0, 0.1) is 17.2 Å². The van der Waals surface area contributed by atoms with E-state index < -0.39 is 0 Å². The third kappa shape index (κ3) is 4.88. The number of aromatic nitrogens is 6. The van der Waals surface area contributed by atoms with E-state index in [0.29, 0.717) is 22.5 Å². The molecular formula is C25H25ClN10. The fourth-order valence-corrected chi connectivity index (χ4v) is 4.67. The molecule has 1 aromatic carbocycles. The van der Waals surface area contributed by atoms with E-state index in [4.69, 9.17) is 16.9 Å². The molecule has 6 rings (SSSR count). The van der Waals surface area contributed by atoms with Crippen molar-refractivity contribution in [2.75, 3.05) is 28.6 Å². The molecule has 0 spiro atoms. The predicted octanol–water partition coefficient (Wildman–Crippen LogP) is 4.38. The molecule has 182 valence electrons. The van der Waals surface area contributed by atoms with Gasteiger partial charge in [-0.25, -0.2) is 9.97 Å². The molecule has 0 radical (unpaired) electrons. The summed E-state index contributed by atoms with van der Waals surface area (Å²) in [5.41, 5.74) is 3.29. The highest BCUT2D eigenvalue weighted by molar-refractivity contribution is 6.32. The Morgan fingerprint density at radius 2 is 1.92 bits per heavy atom. The molecule has 1 aliphatic carbocycles. The molecular weight excluding hydrogens is 476 g/mol. The summed E-state index contributed by atoms with van der Waals surface area (Å²) in [6.45, 7) is 2.68. The highest BCUT2D eigenvalue weighted by atomic mass is 35.5. The van der Waals surface area contributed by atoms with Gasteiger partial charge in [0.15, 0.2) is 17.3 Å². The Labute approximate surface area is 213 Å². The van der Waals surface area contributed by atoms with Crippen LogP contribution in [0.15, 0.2) is 42.9 Å². The number of anilines is 4. The van der Waals surface area contributed by atoms with Crippen molar-refractivity contribution in [1.29, 1.82) is 5.26 Å². The lowest BCUT2D eigenvalue weighted by molar-refractivity contribution is 0.521. The van der Waals surface area contributed by atoms with Crippen LogP contribution < -0.4 is 15.5 Å². The van der Waals surface area contributed by atoms with Gasteiger partial charge in [-0.2, -0.15) is 10.2 Å². The molecule has 0 unspecified atom stereocenters. The Bertz CT molecular complexity index is 1420. The molecule has 0 amide bonds. The van der Waals surface area contributed by atoms with Gasteiger partial charge in [-0.05, 0) is 61.9 Å². The lowest BCUT2D eigenvalue weighted by atomic mass is 10.1. The Kier molecular flexibility index (Phi) is 5.99. The van der Waals surface area contributed by atoms with E-state index in [1.54, 1.807) is 12.3 Å². The van der Waals surface area contributed by atoms with Gasteiger partial charge < -0.3 is 20.1 Å². The minimum Gasteiger partial charge on any atom is -0.366 e. The summed E-state index contributed by atoms with van der Waals surface area (Å²) in [5, 5.41) is 24.2. The number of nitrogens with one attached hydrogen (secondary N) is 2. The summed E-state index contributed by atoms with van der Waals surface area (Å²) >= 11 is 6.42. The van der Waals surface area contributed by atoms with E-state index in [9.17, 15) is 0 Å². The van der Waals surface area contributed by atoms with Crippen LogP contribution in [0.25, 0.3) is 11.0 Å². The van der Waals surface area contributed by atoms with Gasteiger partial charge in [-0.3, -0.25) is 0 Å². The van der Waals surface area contributed by atoms with Gasteiger partial charge in [-0.1, -0.05) is 11.6 Å². The predicted molar refractivity (Wildman–Crippen MR) is 138 cm³/mol. The Morgan fingerprint density at radius 1 is 1.06 bits per heavy atom. The zero-order valence-electron chi connectivity index (χ0n) is 19.6. The second kappa shape index (κ2) is 9.59. The number of nitriles is 1. The molecule has 1 saturated carbocycles. The molecule has 11 heteroatoms. The zero-order chi connectivity index (χ0) is 24.5. The quantitative estimate of drug-likeness (QED) is 0.380. The standard InChI is InChI=1S/C25H25ClN10/c26-20-13-28-25(31-18-3-5-22-21(11-18)29-15-36(22)14-16-1-2-16)32-24(20)30-17-7-9-35(10-8-17)23-6-4-19(12-27)33-34-23/h3-6,11,13,15-17H,1-2,7-10,14H2,(H2,28,30,31,32). The van der Waals surface area contributed by atoms with E-state index >= 15 is 0 Å². The maximum absolute atomic E-state index is 8.91. The van der Waals surface area contributed by atoms with Crippen molar-refractivity contribution in [2.45, 2.75) is 38.3 Å². The Balaban J connectivity index is 1.09. The molecule has 3 aromatic heterocycles. The van der Waals surface area contributed by atoms with Crippen molar-refractivity contribution in [3.8, 4) is 6.07 Å². The highest BCUT2D eigenvalue weighted by Gasteiger charge is 2.23. The summed E-state index contributed by atoms with van der Waals surface area (Å²) in [6, 6.07) is 11.9. The smallest absolute Gasteiger partial charge is 0.229 e. The van der Waals surface area contributed by atoms with Crippen molar-refractivity contribution in [3.63, 3.8) is 0 Å². The third-order valence-corrected chi connectivity index (χ3v) is 6.97. The summed E-state index contributed by atoms with van der Waals surface area (Å²) in [7, 11) is 0. The van der Waals surface area contributed by atoms with Gasteiger partial charge in [0.05, 0.1) is 23.6 Å². The molecule has 10 nitrogen and oxygen atoms in total. The molecule has 2 aliphatic rings. The van der Waals surface area contributed by atoms with E-state index in [2.05, 4.69) is 51.3 Å². The molecule has 2 fully saturated rings. The number of halogens is 1. The number of nitrogens with zero attached hydrogens (tertiary/aromatic N) is 8. The summed E-state index contributed by atoms with van der Waals surface area (Å²) in [4.78, 5) is 15.7. The van der Waals surface area contributed by atoms with Crippen LogP contribution in [0.2, 0.25) is 5.02 Å². The maximum Gasteiger partial charge on any atom is 0.229 e. The van der Waals surface area contributed by atoms with Gasteiger partial charge >= 0.3 is 0 Å². The molecule has 2 N–H and O–H groups in total. The van der Waals surface area contributed by atoms with Crippen LogP contribution in [-0.2, 0) is 6.54 Å².